The summed E-state index contributed by atoms with van der Waals surface area (Å²) in [6, 6.07) is 2.78. The molecule has 2 aliphatic rings. The van der Waals surface area contributed by atoms with Gasteiger partial charge in [0.05, 0.1) is 41.1 Å². The Bertz CT molecular complexity index is 1210. The number of amides is 3. The second-order valence-electron chi connectivity index (χ2n) is 7.75. The summed E-state index contributed by atoms with van der Waals surface area (Å²) in [6.07, 6.45) is 6.75. The number of hydrogen-bond acceptors (Lipinski definition) is 6. The van der Waals surface area contributed by atoms with E-state index in [1.54, 1.807) is 21.7 Å². The third kappa shape index (κ3) is 4.21. The van der Waals surface area contributed by atoms with Crippen molar-refractivity contribution in [2.45, 2.75) is 25.7 Å². The monoisotopic (exact) mass is 475 g/mol. The largest absolute Gasteiger partial charge is 0.326 e. The fraction of sp³-hybridized carbons (Fsp3) is 0.350. The molecule has 0 spiro atoms. The van der Waals surface area contributed by atoms with Crippen LogP contribution >= 0.6 is 23.2 Å². The van der Waals surface area contributed by atoms with Crippen molar-refractivity contribution in [3.05, 3.63) is 46.1 Å². The maximum atomic E-state index is 13.0. The average molecular weight is 476 g/mol. The van der Waals surface area contributed by atoms with Crippen LogP contribution in [0.2, 0.25) is 10.2 Å². The number of carbonyl (C=O) groups is 2. The molecule has 166 valence electrons. The highest BCUT2D eigenvalue weighted by Crippen LogP contribution is 2.29. The molecule has 2 N–H and O–H groups in total. The van der Waals surface area contributed by atoms with Gasteiger partial charge in [0.25, 0.3) is 5.91 Å². The lowest BCUT2D eigenvalue weighted by Gasteiger charge is -2.29. The van der Waals surface area contributed by atoms with Crippen LogP contribution in [-0.4, -0.2) is 44.7 Å². The van der Waals surface area contributed by atoms with Crippen molar-refractivity contribution in [2.75, 3.05) is 23.4 Å². The molecule has 4 heterocycles. The van der Waals surface area contributed by atoms with Crippen LogP contribution < -0.4 is 15.7 Å². The molecule has 0 bridgehead atoms. The van der Waals surface area contributed by atoms with Crippen LogP contribution in [0.3, 0.4) is 0 Å². The van der Waals surface area contributed by atoms with Gasteiger partial charge in [-0.3, -0.25) is 14.5 Å². The average Bonchev–Trinajstić information content (AvgIpc) is 3.51. The molecular weight excluding hydrogens is 457 g/mol. The molecule has 3 amide bonds. The van der Waals surface area contributed by atoms with E-state index in [1.165, 1.54) is 12.3 Å². The highest BCUT2D eigenvalue weighted by molar-refractivity contribution is 6.33. The first-order chi connectivity index (χ1) is 15.5. The van der Waals surface area contributed by atoms with Gasteiger partial charge in [-0.15, -0.1) is 0 Å². The molecule has 32 heavy (non-hydrogen) atoms. The van der Waals surface area contributed by atoms with E-state index in [-0.39, 0.29) is 16.7 Å². The van der Waals surface area contributed by atoms with E-state index in [9.17, 15) is 9.59 Å². The Kier molecular flexibility index (Phi) is 5.58. The Morgan fingerprint density at radius 1 is 1.19 bits per heavy atom. The van der Waals surface area contributed by atoms with Crippen LogP contribution in [0.4, 0.5) is 16.2 Å². The molecule has 0 saturated heterocycles. The second kappa shape index (κ2) is 8.53. The van der Waals surface area contributed by atoms with E-state index in [2.05, 4.69) is 25.9 Å². The first-order valence-corrected chi connectivity index (χ1v) is 10.9. The van der Waals surface area contributed by atoms with E-state index in [1.807, 2.05) is 0 Å². The molecule has 1 saturated carbocycles. The molecular formula is C20H19Cl2N7O3. The van der Waals surface area contributed by atoms with Crippen LogP contribution in [0.1, 0.15) is 35.4 Å². The lowest BCUT2D eigenvalue weighted by Crippen LogP contribution is -2.39. The van der Waals surface area contributed by atoms with Crippen LogP contribution in [0.15, 0.2) is 24.5 Å². The highest BCUT2D eigenvalue weighted by atomic mass is 35.5. The Labute approximate surface area is 192 Å². The molecule has 3 aromatic rings. The van der Waals surface area contributed by atoms with Crippen molar-refractivity contribution in [1.82, 2.24) is 25.1 Å². The molecule has 0 atom stereocenters. The number of pyridine rings is 1. The molecule has 0 unspecified atom stereocenters. The highest BCUT2D eigenvalue weighted by Gasteiger charge is 2.26. The van der Waals surface area contributed by atoms with Crippen molar-refractivity contribution in [3.63, 3.8) is 0 Å². The van der Waals surface area contributed by atoms with Crippen molar-refractivity contribution in [3.8, 4) is 0 Å². The van der Waals surface area contributed by atoms with Gasteiger partial charge in [0.2, 0.25) is 0 Å². The predicted octanol–water partition coefficient (Wildman–Crippen LogP) is 3.49. The lowest BCUT2D eigenvalue weighted by atomic mass is 10.1. The van der Waals surface area contributed by atoms with E-state index in [0.717, 1.165) is 31.4 Å². The summed E-state index contributed by atoms with van der Waals surface area (Å²) in [4.78, 5) is 40.3. The number of aromatic nitrogens is 4. The molecule has 1 aliphatic carbocycles. The Balaban J connectivity index is 1.29. The zero-order chi connectivity index (χ0) is 22.2. The van der Waals surface area contributed by atoms with Crippen LogP contribution in [0, 0.1) is 5.92 Å². The van der Waals surface area contributed by atoms with E-state index in [0.29, 0.717) is 41.2 Å². The summed E-state index contributed by atoms with van der Waals surface area (Å²) in [5, 5.41) is 7.48. The minimum absolute atomic E-state index is 0.0194. The normalized spacial score (nSPS) is 15.5. The van der Waals surface area contributed by atoms with Gasteiger partial charge in [-0.05, 0) is 37.7 Å². The van der Waals surface area contributed by atoms with Crippen LogP contribution in [0.25, 0.3) is 5.65 Å². The number of rotatable bonds is 5. The van der Waals surface area contributed by atoms with Gasteiger partial charge < -0.3 is 5.32 Å². The van der Waals surface area contributed by atoms with E-state index in [4.69, 9.17) is 28.0 Å². The summed E-state index contributed by atoms with van der Waals surface area (Å²) in [5.41, 5.74) is 4.87. The van der Waals surface area contributed by atoms with E-state index < -0.39 is 5.91 Å². The zero-order valence-electron chi connectivity index (χ0n) is 16.8. The van der Waals surface area contributed by atoms with Crippen LogP contribution in [-0.2, 0) is 11.3 Å². The summed E-state index contributed by atoms with van der Waals surface area (Å²) in [6.45, 7) is 0.988. The first kappa shape index (κ1) is 20.9. The SMILES string of the molecule is O=C(NOCC1CC1)c1ncc(NC(=O)N2CCCc3c2cnc2cc(Cl)nn32)cc1Cl. The molecule has 0 radical (unpaired) electrons. The standard InChI is InChI=1S/C20H19Cl2N7O3/c21-13-6-12(8-24-18(13)19(30)27-32-10-11-3-4-11)25-20(31)28-5-1-2-14-15(28)9-23-17-7-16(22)26-29(14)17/h6-9,11H,1-5,10H2,(H,25,31)(H,27,30). The number of hydrogen-bond donors (Lipinski definition) is 2. The number of carbonyl (C=O) groups excluding carboxylic acids is 2. The first-order valence-electron chi connectivity index (χ1n) is 10.2. The maximum Gasteiger partial charge on any atom is 0.326 e. The number of urea groups is 1. The number of nitrogens with one attached hydrogen (secondary N) is 2. The zero-order valence-corrected chi connectivity index (χ0v) is 18.4. The van der Waals surface area contributed by atoms with Gasteiger partial charge in [0, 0.05) is 12.6 Å². The predicted molar refractivity (Wildman–Crippen MR) is 118 cm³/mol. The van der Waals surface area contributed by atoms with E-state index >= 15 is 0 Å². The number of aryl methyl sites for hydroxylation is 1. The third-order valence-corrected chi connectivity index (χ3v) is 5.82. The Morgan fingerprint density at radius 3 is 2.81 bits per heavy atom. The molecule has 0 aromatic carbocycles. The van der Waals surface area contributed by atoms with Gasteiger partial charge in [-0.2, -0.15) is 5.10 Å². The summed E-state index contributed by atoms with van der Waals surface area (Å²) in [5.74, 6) is -0.0284. The smallest absolute Gasteiger partial charge is 0.306 e. The summed E-state index contributed by atoms with van der Waals surface area (Å²) >= 11 is 12.2. The maximum absolute atomic E-state index is 13.0. The number of hydroxylamine groups is 1. The second-order valence-corrected chi connectivity index (χ2v) is 8.55. The molecule has 1 fully saturated rings. The lowest BCUT2D eigenvalue weighted by molar-refractivity contribution is 0.0266. The van der Waals surface area contributed by atoms with Gasteiger partial charge in [-0.1, -0.05) is 23.2 Å². The fourth-order valence-corrected chi connectivity index (χ4v) is 3.99. The summed E-state index contributed by atoms with van der Waals surface area (Å²) in [7, 11) is 0. The molecule has 10 nitrogen and oxygen atoms in total. The Morgan fingerprint density at radius 2 is 2.03 bits per heavy atom. The third-order valence-electron chi connectivity index (χ3n) is 5.35. The van der Waals surface area contributed by atoms with Crippen molar-refractivity contribution < 1.29 is 14.4 Å². The Hall–Kier alpha value is -2.95. The fourth-order valence-electron chi connectivity index (χ4n) is 3.56. The van der Waals surface area contributed by atoms with Gasteiger partial charge in [-0.25, -0.2) is 24.8 Å². The van der Waals surface area contributed by atoms with Crippen molar-refractivity contribution in [1.29, 1.82) is 0 Å². The molecule has 1 aliphatic heterocycles. The van der Waals surface area contributed by atoms with Gasteiger partial charge in [0.15, 0.2) is 10.8 Å². The van der Waals surface area contributed by atoms with Crippen LogP contribution in [0.5, 0.6) is 0 Å². The van der Waals surface area contributed by atoms with Crippen molar-refractivity contribution >= 4 is 52.2 Å². The molecule has 12 heteroatoms. The molecule has 5 rings (SSSR count). The van der Waals surface area contributed by atoms with Crippen molar-refractivity contribution in [2.24, 2.45) is 5.92 Å². The minimum Gasteiger partial charge on any atom is -0.306 e. The number of fused-ring (bicyclic) bond motifs is 3. The molecule has 3 aromatic heterocycles. The number of halogens is 2. The minimum atomic E-state index is -0.536. The number of nitrogens with zero attached hydrogens (tertiary/aromatic N) is 5. The quantitative estimate of drug-likeness (QED) is 0.545. The topological polar surface area (TPSA) is 114 Å². The number of anilines is 2. The van der Waals surface area contributed by atoms with Gasteiger partial charge >= 0.3 is 6.03 Å². The van der Waals surface area contributed by atoms with Gasteiger partial charge in [0.1, 0.15) is 5.69 Å². The summed E-state index contributed by atoms with van der Waals surface area (Å²) < 4.78 is 1.66.